The van der Waals surface area contributed by atoms with Crippen LogP contribution in [0.1, 0.15) is 66.1 Å². The number of nitrogens with zero attached hydrogens (tertiary/aromatic N) is 3. The van der Waals surface area contributed by atoms with Gasteiger partial charge in [-0.1, -0.05) is 49.9 Å². The molecule has 0 radical (unpaired) electrons. The minimum Gasteiger partial charge on any atom is -0.339 e. The number of thiophene rings is 1. The molecule has 1 saturated carbocycles. The summed E-state index contributed by atoms with van der Waals surface area (Å²) in [5, 5.41) is 2.18. The Labute approximate surface area is 207 Å². The highest BCUT2D eigenvalue weighted by Crippen LogP contribution is 2.38. The third-order valence-electron chi connectivity index (χ3n) is 8.11. The Bertz CT molecular complexity index is 1000. The number of aryl methyl sites for hydroxylation is 1. The lowest BCUT2D eigenvalue weighted by Crippen LogP contribution is -2.53. The second kappa shape index (κ2) is 10.6. The van der Waals surface area contributed by atoms with Crippen LogP contribution in [0.3, 0.4) is 0 Å². The summed E-state index contributed by atoms with van der Waals surface area (Å²) in [4.78, 5) is 33.8. The molecule has 1 aromatic carbocycles. The Morgan fingerprint density at radius 1 is 0.912 bits per heavy atom. The molecule has 5 rings (SSSR count). The average molecular weight is 480 g/mol. The van der Waals surface area contributed by atoms with Gasteiger partial charge in [0.25, 0.3) is 0 Å². The summed E-state index contributed by atoms with van der Waals surface area (Å²) in [5.74, 6) is 1.22. The van der Waals surface area contributed by atoms with Crippen molar-refractivity contribution in [2.75, 3.05) is 39.3 Å². The van der Waals surface area contributed by atoms with Gasteiger partial charge < -0.3 is 9.80 Å². The Hall–Kier alpha value is -2.18. The van der Waals surface area contributed by atoms with E-state index in [0.717, 1.165) is 25.3 Å². The molecule has 2 aliphatic heterocycles. The second-order valence-corrected chi connectivity index (χ2v) is 11.2. The Kier molecular flexibility index (Phi) is 7.35. The molecule has 0 spiro atoms. The predicted octanol–water partition coefficient (Wildman–Crippen LogP) is 4.65. The van der Waals surface area contributed by atoms with Gasteiger partial charge in [-0.3, -0.25) is 14.5 Å². The molecule has 182 valence electrons. The first-order valence-corrected chi connectivity index (χ1v) is 13.9. The zero-order chi connectivity index (χ0) is 23.5. The van der Waals surface area contributed by atoms with E-state index in [1.807, 2.05) is 21.1 Å². The quantitative estimate of drug-likeness (QED) is 0.606. The summed E-state index contributed by atoms with van der Waals surface area (Å²) in [5.41, 5.74) is 3.93. The largest absolute Gasteiger partial charge is 0.339 e. The summed E-state index contributed by atoms with van der Waals surface area (Å²) >= 11 is 1.83. The number of carbonyl (C=O) groups is 2. The number of rotatable bonds is 6. The lowest BCUT2D eigenvalue weighted by atomic mass is 9.90. The summed E-state index contributed by atoms with van der Waals surface area (Å²) in [6.45, 7) is 6.15. The first-order valence-electron chi connectivity index (χ1n) is 13.0. The molecule has 3 aliphatic rings. The highest BCUT2D eigenvalue weighted by molar-refractivity contribution is 7.10. The fraction of sp³-hybridized carbons (Fsp3) is 0.571. The molecule has 34 heavy (non-hydrogen) atoms. The Morgan fingerprint density at radius 3 is 2.35 bits per heavy atom. The smallest absolute Gasteiger partial charge is 0.236 e. The molecule has 1 saturated heterocycles. The SMILES string of the molecule is Cc1ccccc1C1c2ccsc2CCN1CC(=O)N1CCN(C(=O)CCC2CCCC2)CC1. The molecular weight excluding hydrogens is 442 g/mol. The van der Waals surface area contributed by atoms with Crippen LogP contribution in [0.15, 0.2) is 35.7 Å². The molecule has 1 aliphatic carbocycles. The van der Waals surface area contributed by atoms with Crippen molar-refractivity contribution in [3.05, 3.63) is 57.3 Å². The van der Waals surface area contributed by atoms with Crippen molar-refractivity contribution in [1.82, 2.24) is 14.7 Å². The zero-order valence-electron chi connectivity index (χ0n) is 20.4. The van der Waals surface area contributed by atoms with Crippen molar-refractivity contribution in [2.45, 2.75) is 57.9 Å². The van der Waals surface area contributed by atoms with Crippen LogP contribution >= 0.6 is 11.3 Å². The van der Waals surface area contributed by atoms with Gasteiger partial charge in [-0.05, 0) is 53.8 Å². The highest BCUT2D eigenvalue weighted by Gasteiger charge is 2.33. The third-order valence-corrected chi connectivity index (χ3v) is 9.11. The number of hydrogen-bond donors (Lipinski definition) is 0. The fourth-order valence-corrected chi connectivity index (χ4v) is 6.96. The highest BCUT2D eigenvalue weighted by atomic mass is 32.1. The van der Waals surface area contributed by atoms with Crippen molar-refractivity contribution in [1.29, 1.82) is 0 Å². The molecule has 6 heteroatoms. The molecule has 2 fully saturated rings. The van der Waals surface area contributed by atoms with Crippen LogP contribution < -0.4 is 0 Å². The minimum atomic E-state index is 0.138. The van der Waals surface area contributed by atoms with Crippen LogP contribution in [0.5, 0.6) is 0 Å². The van der Waals surface area contributed by atoms with Crippen molar-refractivity contribution in [3.63, 3.8) is 0 Å². The maximum atomic E-state index is 13.3. The molecule has 3 heterocycles. The standard InChI is InChI=1S/C28H37N3O2S/c1-21-6-2-5-9-23(21)28-24-13-19-34-25(24)12-14-31(28)20-27(33)30-17-15-29(16-18-30)26(32)11-10-22-7-3-4-8-22/h2,5-6,9,13,19,22,28H,3-4,7-8,10-12,14-18,20H2,1H3. The van der Waals surface area contributed by atoms with Crippen LogP contribution in [0.25, 0.3) is 0 Å². The van der Waals surface area contributed by atoms with Crippen molar-refractivity contribution >= 4 is 23.2 Å². The van der Waals surface area contributed by atoms with Crippen LogP contribution in [0.2, 0.25) is 0 Å². The Morgan fingerprint density at radius 2 is 1.62 bits per heavy atom. The number of fused-ring (bicyclic) bond motifs is 1. The van der Waals surface area contributed by atoms with Gasteiger partial charge in [0.05, 0.1) is 12.6 Å². The van der Waals surface area contributed by atoms with Gasteiger partial charge in [0.1, 0.15) is 0 Å². The zero-order valence-corrected chi connectivity index (χ0v) is 21.2. The topological polar surface area (TPSA) is 43.9 Å². The van der Waals surface area contributed by atoms with Crippen molar-refractivity contribution in [3.8, 4) is 0 Å². The van der Waals surface area contributed by atoms with Crippen LogP contribution in [0, 0.1) is 12.8 Å². The lowest BCUT2D eigenvalue weighted by molar-refractivity contribution is -0.140. The van der Waals surface area contributed by atoms with E-state index in [-0.39, 0.29) is 17.9 Å². The second-order valence-electron chi connectivity index (χ2n) is 10.2. The van der Waals surface area contributed by atoms with E-state index < -0.39 is 0 Å². The summed E-state index contributed by atoms with van der Waals surface area (Å²) in [7, 11) is 0. The molecule has 0 N–H and O–H groups in total. The Balaban J connectivity index is 1.19. The first kappa shape index (κ1) is 23.6. The van der Waals surface area contributed by atoms with Gasteiger partial charge >= 0.3 is 0 Å². The van der Waals surface area contributed by atoms with Gasteiger partial charge in [0.2, 0.25) is 11.8 Å². The molecular formula is C28H37N3O2S. The summed E-state index contributed by atoms with van der Waals surface area (Å²) < 4.78 is 0. The number of benzene rings is 1. The average Bonchev–Trinajstić information content (AvgIpc) is 3.55. The summed E-state index contributed by atoms with van der Waals surface area (Å²) in [6.07, 6.45) is 7.96. The predicted molar refractivity (Wildman–Crippen MR) is 137 cm³/mol. The number of piperazine rings is 1. The summed E-state index contributed by atoms with van der Waals surface area (Å²) in [6, 6.07) is 10.9. The van der Waals surface area contributed by atoms with E-state index in [1.54, 1.807) is 0 Å². The lowest BCUT2D eigenvalue weighted by Gasteiger charge is -2.39. The minimum absolute atomic E-state index is 0.138. The van der Waals surface area contributed by atoms with E-state index >= 15 is 0 Å². The monoisotopic (exact) mass is 479 g/mol. The molecule has 2 aromatic rings. The third kappa shape index (κ3) is 5.08. The van der Waals surface area contributed by atoms with E-state index in [9.17, 15) is 9.59 Å². The molecule has 2 amide bonds. The van der Waals surface area contributed by atoms with Crippen molar-refractivity contribution in [2.24, 2.45) is 5.92 Å². The van der Waals surface area contributed by atoms with E-state index in [0.29, 0.717) is 39.1 Å². The van der Waals surface area contributed by atoms with Crippen molar-refractivity contribution < 1.29 is 9.59 Å². The van der Waals surface area contributed by atoms with Crippen LogP contribution in [-0.4, -0.2) is 65.8 Å². The van der Waals surface area contributed by atoms with Crippen LogP contribution in [0.4, 0.5) is 0 Å². The first-order chi connectivity index (χ1) is 16.6. The fourth-order valence-electron chi connectivity index (χ4n) is 6.06. The normalized spacial score (nSPS) is 21.6. The molecule has 5 nitrogen and oxygen atoms in total. The van der Waals surface area contributed by atoms with Gasteiger partial charge in [0, 0.05) is 44.0 Å². The number of carbonyl (C=O) groups excluding carboxylic acids is 2. The van der Waals surface area contributed by atoms with Gasteiger partial charge in [0.15, 0.2) is 0 Å². The van der Waals surface area contributed by atoms with E-state index in [4.69, 9.17) is 0 Å². The van der Waals surface area contributed by atoms with E-state index in [2.05, 4.69) is 47.5 Å². The number of hydrogen-bond acceptors (Lipinski definition) is 4. The van der Waals surface area contributed by atoms with Gasteiger partial charge in [-0.15, -0.1) is 11.3 Å². The maximum Gasteiger partial charge on any atom is 0.236 e. The molecule has 1 atom stereocenters. The van der Waals surface area contributed by atoms with Gasteiger partial charge in [-0.25, -0.2) is 0 Å². The molecule has 1 aromatic heterocycles. The van der Waals surface area contributed by atoms with E-state index in [1.165, 1.54) is 47.3 Å². The maximum absolute atomic E-state index is 13.3. The van der Waals surface area contributed by atoms with Gasteiger partial charge in [-0.2, -0.15) is 0 Å². The van der Waals surface area contributed by atoms with Crippen LogP contribution in [-0.2, 0) is 16.0 Å². The molecule has 0 bridgehead atoms. The molecule has 1 unspecified atom stereocenters. The number of amides is 2.